The van der Waals surface area contributed by atoms with Gasteiger partial charge in [0.1, 0.15) is 0 Å². The molecule has 1 N–H and O–H groups in total. The molecular weight excluding hydrogens is 356 g/mol. The predicted molar refractivity (Wildman–Crippen MR) is 96.4 cm³/mol. The largest absolute Gasteiger partial charge is 0.270 e. The van der Waals surface area contributed by atoms with Crippen LogP contribution in [0.5, 0.6) is 0 Å². The van der Waals surface area contributed by atoms with Crippen LogP contribution in [0.3, 0.4) is 0 Å². The van der Waals surface area contributed by atoms with Crippen molar-refractivity contribution in [2.24, 2.45) is 0 Å². The van der Waals surface area contributed by atoms with E-state index in [1.54, 1.807) is 10.9 Å². The van der Waals surface area contributed by atoms with E-state index in [1.165, 1.54) is 24.3 Å². The van der Waals surface area contributed by atoms with Gasteiger partial charge in [-0.15, -0.1) is 0 Å². The maximum absolute atomic E-state index is 12.4. The van der Waals surface area contributed by atoms with Crippen molar-refractivity contribution in [1.29, 1.82) is 0 Å². The third kappa shape index (κ3) is 4.06. The van der Waals surface area contributed by atoms with E-state index >= 15 is 0 Å². The molecule has 0 saturated carbocycles. The first kappa shape index (κ1) is 17.6. The van der Waals surface area contributed by atoms with Crippen LogP contribution >= 0.6 is 0 Å². The lowest BCUT2D eigenvalue weighted by molar-refractivity contribution is -0.385. The van der Waals surface area contributed by atoms with E-state index in [1.807, 2.05) is 31.2 Å². The summed E-state index contributed by atoms with van der Waals surface area (Å²) in [4.78, 5) is 9.97. The lowest BCUT2D eigenvalue weighted by Gasteiger charge is -2.06. The van der Waals surface area contributed by atoms with Crippen LogP contribution in [0.2, 0.25) is 0 Å². The molecule has 0 aliphatic rings. The number of non-ortho nitro benzene ring substituents is 1. The summed E-state index contributed by atoms with van der Waals surface area (Å²) < 4.78 is 28.7. The molecular formula is C17H16N4O4S. The summed E-state index contributed by atoms with van der Waals surface area (Å²) in [5.41, 5.74) is 1.89. The zero-order chi connectivity index (χ0) is 18.7. The van der Waals surface area contributed by atoms with Crippen molar-refractivity contribution >= 4 is 21.5 Å². The number of aromatic nitrogens is 2. The van der Waals surface area contributed by atoms with E-state index in [9.17, 15) is 18.5 Å². The number of hydrogen-bond donors (Lipinski definition) is 1. The Morgan fingerprint density at radius 1 is 1.15 bits per heavy atom. The summed E-state index contributed by atoms with van der Waals surface area (Å²) in [6.45, 7) is 2.50. The Labute approximate surface area is 150 Å². The quantitative estimate of drug-likeness (QED) is 0.529. The number of nitrogens with one attached hydrogen (secondary N) is 1. The SMILES string of the molecule is Cc1ccc(Cn2ccc(NS(=O)(=O)c3cccc([N+](=O)[O-])c3)n2)cc1. The highest BCUT2D eigenvalue weighted by atomic mass is 32.2. The molecule has 0 aliphatic carbocycles. The molecule has 0 aliphatic heterocycles. The van der Waals surface area contributed by atoms with Crippen LogP contribution in [0.25, 0.3) is 0 Å². The Morgan fingerprint density at radius 2 is 1.88 bits per heavy atom. The van der Waals surface area contributed by atoms with Gasteiger partial charge in [0.15, 0.2) is 5.82 Å². The molecule has 134 valence electrons. The average molecular weight is 372 g/mol. The van der Waals surface area contributed by atoms with Crippen LogP contribution in [0, 0.1) is 17.0 Å². The van der Waals surface area contributed by atoms with Crippen LogP contribution in [0.1, 0.15) is 11.1 Å². The number of nitrogens with zero attached hydrogens (tertiary/aromatic N) is 3. The van der Waals surface area contributed by atoms with Crippen molar-refractivity contribution in [2.45, 2.75) is 18.4 Å². The highest BCUT2D eigenvalue weighted by Gasteiger charge is 2.18. The predicted octanol–water partition coefficient (Wildman–Crippen LogP) is 2.95. The fourth-order valence-corrected chi connectivity index (χ4v) is 3.38. The van der Waals surface area contributed by atoms with Gasteiger partial charge in [0, 0.05) is 24.4 Å². The van der Waals surface area contributed by atoms with Crippen LogP contribution in [0.15, 0.2) is 65.7 Å². The standard InChI is InChI=1S/C17H16N4O4S/c1-13-5-7-14(8-6-13)12-20-10-9-17(18-20)19-26(24,25)16-4-2-3-15(11-16)21(22)23/h2-11H,12H2,1H3,(H,18,19). The maximum atomic E-state index is 12.4. The third-order valence-corrected chi connectivity index (χ3v) is 5.04. The zero-order valence-electron chi connectivity index (χ0n) is 13.9. The number of nitro groups is 1. The Hall–Kier alpha value is -3.20. The topological polar surface area (TPSA) is 107 Å². The van der Waals surface area contributed by atoms with Crippen LogP contribution in [0.4, 0.5) is 11.5 Å². The number of anilines is 1. The van der Waals surface area contributed by atoms with Crippen molar-refractivity contribution in [3.05, 3.63) is 82.0 Å². The minimum absolute atomic E-state index is 0.142. The average Bonchev–Trinajstić information content (AvgIpc) is 3.03. The van der Waals surface area contributed by atoms with E-state index in [4.69, 9.17) is 0 Å². The van der Waals surface area contributed by atoms with Crippen LogP contribution in [-0.4, -0.2) is 23.1 Å². The summed E-state index contributed by atoms with van der Waals surface area (Å²) in [6, 6.07) is 14.3. The van der Waals surface area contributed by atoms with Gasteiger partial charge in [0.05, 0.1) is 16.4 Å². The Morgan fingerprint density at radius 3 is 2.58 bits per heavy atom. The third-order valence-electron chi connectivity index (χ3n) is 3.68. The second kappa shape index (κ2) is 6.96. The summed E-state index contributed by atoms with van der Waals surface area (Å²) in [7, 11) is -3.96. The zero-order valence-corrected chi connectivity index (χ0v) is 14.7. The van der Waals surface area contributed by atoms with Gasteiger partial charge in [0.2, 0.25) is 0 Å². The molecule has 3 rings (SSSR count). The Bertz CT molecular complexity index is 1040. The first-order valence-corrected chi connectivity index (χ1v) is 9.18. The monoisotopic (exact) mass is 372 g/mol. The highest BCUT2D eigenvalue weighted by Crippen LogP contribution is 2.19. The molecule has 1 heterocycles. The van der Waals surface area contributed by atoms with Crippen molar-refractivity contribution in [3.63, 3.8) is 0 Å². The molecule has 0 bridgehead atoms. The fraction of sp³-hybridized carbons (Fsp3) is 0.118. The highest BCUT2D eigenvalue weighted by molar-refractivity contribution is 7.92. The first-order valence-electron chi connectivity index (χ1n) is 7.70. The molecule has 0 atom stereocenters. The summed E-state index contributed by atoms with van der Waals surface area (Å²) in [6.07, 6.45) is 1.66. The van der Waals surface area contributed by atoms with Crippen LogP contribution < -0.4 is 4.72 Å². The number of sulfonamides is 1. The van der Waals surface area contributed by atoms with E-state index in [0.717, 1.165) is 17.2 Å². The smallest absolute Gasteiger partial charge is 0.266 e. The first-order chi connectivity index (χ1) is 12.3. The van der Waals surface area contributed by atoms with Crippen molar-refractivity contribution in [1.82, 2.24) is 9.78 Å². The van der Waals surface area contributed by atoms with Gasteiger partial charge in [-0.2, -0.15) is 5.10 Å². The van der Waals surface area contributed by atoms with E-state index in [0.29, 0.717) is 6.54 Å². The molecule has 2 aromatic carbocycles. The van der Waals surface area contributed by atoms with Crippen LogP contribution in [-0.2, 0) is 16.6 Å². The van der Waals surface area contributed by atoms with E-state index in [-0.39, 0.29) is 16.4 Å². The van der Waals surface area contributed by atoms with Gasteiger partial charge in [-0.25, -0.2) is 8.42 Å². The second-order valence-corrected chi connectivity index (χ2v) is 7.43. The summed E-state index contributed by atoms with van der Waals surface area (Å²) >= 11 is 0. The van der Waals surface area contributed by atoms with Crippen molar-refractivity contribution < 1.29 is 13.3 Å². The van der Waals surface area contributed by atoms with Gasteiger partial charge in [-0.1, -0.05) is 35.9 Å². The molecule has 26 heavy (non-hydrogen) atoms. The van der Waals surface area contributed by atoms with E-state index < -0.39 is 14.9 Å². The van der Waals surface area contributed by atoms with Crippen molar-refractivity contribution in [2.75, 3.05) is 4.72 Å². The minimum atomic E-state index is -3.96. The number of aryl methyl sites for hydroxylation is 1. The molecule has 0 unspecified atom stereocenters. The van der Waals surface area contributed by atoms with Gasteiger partial charge >= 0.3 is 0 Å². The molecule has 8 nitrogen and oxygen atoms in total. The molecule has 0 radical (unpaired) electrons. The minimum Gasteiger partial charge on any atom is -0.266 e. The maximum Gasteiger partial charge on any atom is 0.270 e. The van der Waals surface area contributed by atoms with Gasteiger partial charge in [-0.05, 0) is 18.6 Å². The Balaban J connectivity index is 1.76. The molecule has 1 aromatic heterocycles. The number of nitro benzene ring substituents is 1. The Kier molecular flexibility index (Phi) is 4.72. The molecule has 0 fully saturated rings. The number of rotatable bonds is 6. The molecule has 0 saturated heterocycles. The second-order valence-electron chi connectivity index (χ2n) is 5.74. The lowest BCUT2D eigenvalue weighted by Crippen LogP contribution is -2.14. The molecule has 0 spiro atoms. The molecule has 0 amide bonds. The van der Waals surface area contributed by atoms with E-state index in [2.05, 4.69) is 9.82 Å². The molecule has 3 aromatic rings. The normalized spacial score (nSPS) is 11.3. The lowest BCUT2D eigenvalue weighted by atomic mass is 10.1. The number of hydrogen-bond acceptors (Lipinski definition) is 5. The number of benzene rings is 2. The summed E-state index contributed by atoms with van der Waals surface area (Å²) in [5.74, 6) is 0.142. The van der Waals surface area contributed by atoms with Gasteiger partial charge in [-0.3, -0.25) is 19.5 Å². The fourth-order valence-electron chi connectivity index (χ4n) is 2.35. The van der Waals surface area contributed by atoms with Crippen molar-refractivity contribution in [3.8, 4) is 0 Å². The van der Waals surface area contributed by atoms with Gasteiger partial charge in [0.25, 0.3) is 15.7 Å². The summed E-state index contributed by atoms with van der Waals surface area (Å²) in [5, 5.41) is 15.0. The molecule has 9 heteroatoms. The van der Waals surface area contributed by atoms with Gasteiger partial charge < -0.3 is 0 Å².